The van der Waals surface area contributed by atoms with Crippen molar-refractivity contribution in [2.24, 2.45) is 0 Å². The lowest BCUT2D eigenvalue weighted by Crippen LogP contribution is -2.12. The molecular weight excluding hydrogens is 266 g/mol. The lowest BCUT2D eigenvalue weighted by molar-refractivity contribution is 0.545. The highest BCUT2D eigenvalue weighted by molar-refractivity contribution is 7.99. The Balaban J connectivity index is 2.25. The van der Waals surface area contributed by atoms with E-state index in [9.17, 15) is 0 Å². The summed E-state index contributed by atoms with van der Waals surface area (Å²) in [6.07, 6.45) is 3.04. The van der Waals surface area contributed by atoms with Gasteiger partial charge in [0.2, 0.25) is 0 Å². The van der Waals surface area contributed by atoms with Crippen molar-refractivity contribution in [2.45, 2.75) is 31.7 Å². The first-order valence-electron chi connectivity index (χ1n) is 6.23. The molecule has 0 radical (unpaired) electrons. The largest absolute Gasteiger partial charge is 0.307 e. The van der Waals surface area contributed by atoms with Gasteiger partial charge in [-0.1, -0.05) is 0 Å². The molecule has 0 amide bonds. The number of pyridine rings is 1. The molecule has 2 unspecified atom stereocenters. The van der Waals surface area contributed by atoms with E-state index in [1.54, 1.807) is 0 Å². The van der Waals surface area contributed by atoms with Gasteiger partial charge in [-0.3, -0.25) is 0 Å². The number of imidazole rings is 1. The average molecular weight is 282 g/mol. The van der Waals surface area contributed by atoms with Gasteiger partial charge in [0.05, 0.1) is 5.38 Å². The number of rotatable bonds is 2. The van der Waals surface area contributed by atoms with Crippen molar-refractivity contribution in [1.82, 2.24) is 14.5 Å². The normalized spacial score (nSPS) is 21.6. The second kappa shape index (κ2) is 4.74. The first-order chi connectivity index (χ1) is 8.68. The minimum atomic E-state index is -0.0794. The Morgan fingerprint density at radius 3 is 3.06 bits per heavy atom. The van der Waals surface area contributed by atoms with Crippen molar-refractivity contribution in [1.29, 1.82) is 0 Å². The summed E-state index contributed by atoms with van der Waals surface area (Å²) in [5, 5.41) is -0.0794. The third-order valence-corrected chi connectivity index (χ3v) is 4.77. The van der Waals surface area contributed by atoms with Gasteiger partial charge in [-0.15, -0.1) is 11.6 Å². The second-order valence-electron chi connectivity index (χ2n) is 4.77. The zero-order valence-corrected chi connectivity index (χ0v) is 12.1. The molecule has 0 aromatic carbocycles. The van der Waals surface area contributed by atoms with Gasteiger partial charge in [0.1, 0.15) is 11.3 Å². The number of hydrogen-bond acceptors (Lipinski definition) is 3. The summed E-state index contributed by atoms with van der Waals surface area (Å²) in [5.74, 6) is 3.31. The number of alkyl halides is 1. The molecule has 2 atom stereocenters. The summed E-state index contributed by atoms with van der Waals surface area (Å²) in [5.41, 5.74) is 3.16. The van der Waals surface area contributed by atoms with Crippen LogP contribution in [0.1, 0.15) is 36.2 Å². The molecule has 0 spiro atoms. The Labute approximate surface area is 116 Å². The van der Waals surface area contributed by atoms with Crippen LogP contribution in [0.25, 0.3) is 11.2 Å². The summed E-state index contributed by atoms with van der Waals surface area (Å²) < 4.78 is 2.26. The first-order valence-corrected chi connectivity index (χ1v) is 7.83. The first kappa shape index (κ1) is 12.3. The highest BCUT2D eigenvalue weighted by atomic mass is 35.5. The molecule has 3 rings (SSSR count). The number of aryl methyl sites for hydroxylation is 1. The Kier molecular flexibility index (Phi) is 3.24. The van der Waals surface area contributed by atoms with Crippen molar-refractivity contribution in [3.8, 4) is 0 Å². The van der Waals surface area contributed by atoms with Gasteiger partial charge in [-0.2, -0.15) is 11.8 Å². The summed E-state index contributed by atoms with van der Waals surface area (Å²) in [6.45, 7) is 4.06. The molecule has 1 fully saturated rings. The van der Waals surface area contributed by atoms with Crippen LogP contribution in [0.15, 0.2) is 12.3 Å². The monoisotopic (exact) mass is 281 g/mol. The number of hydrogen-bond donors (Lipinski definition) is 0. The Bertz CT molecular complexity index is 573. The smallest absolute Gasteiger partial charge is 0.160 e. The average Bonchev–Trinajstić information content (AvgIpc) is 2.94. The number of thioether (sulfide) groups is 1. The molecule has 1 aliphatic rings. The minimum absolute atomic E-state index is 0.0794. The molecule has 2 aromatic rings. The van der Waals surface area contributed by atoms with Gasteiger partial charge >= 0.3 is 0 Å². The van der Waals surface area contributed by atoms with Crippen LogP contribution < -0.4 is 0 Å². The van der Waals surface area contributed by atoms with Crippen molar-refractivity contribution in [3.05, 3.63) is 23.7 Å². The topological polar surface area (TPSA) is 30.7 Å². The fourth-order valence-electron chi connectivity index (χ4n) is 2.49. The number of halogens is 1. The molecule has 0 bridgehead atoms. The van der Waals surface area contributed by atoms with Crippen LogP contribution in [-0.4, -0.2) is 26.0 Å². The van der Waals surface area contributed by atoms with E-state index in [2.05, 4.69) is 16.5 Å². The maximum Gasteiger partial charge on any atom is 0.160 e. The number of aromatic nitrogens is 3. The van der Waals surface area contributed by atoms with Gasteiger partial charge in [0.25, 0.3) is 0 Å². The second-order valence-corrected chi connectivity index (χ2v) is 6.58. The number of nitrogens with zero attached hydrogens (tertiary/aromatic N) is 3. The van der Waals surface area contributed by atoms with Crippen molar-refractivity contribution >= 4 is 34.5 Å². The van der Waals surface area contributed by atoms with Gasteiger partial charge in [-0.05, 0) is 37.7 Å². The molecule has 18 heavy (non-hydrogen) atoms. The molecule has 5 heteroatoms. The van der Waals surface area contributed by atoms with E-state index in [-0.39, 0.29) is 5.38 Å². The molecule has 1 saturated heterocycles. The van der Waals surface area contributed by atoms with Gasteiger partial charge in [-0.25, -0.2) is 9.97 Å². The molecule has 3 nitrogen and oxygen atoms in total. The van der Waals surface area contributed by atoms with Gasteiger partial charge in [0, 0.05) is 18.0 Å². The molecule has 96 valence electrons. The molecule has 0 N–H and O–H groups in total. The van der Waals surface area contributed by atoms with Crippen molar-refractivity contribution in [3.63, 3.8) is 0 Å². The molecule has 0 saturated carbocycles. The standard InChI is InChI=1S/C13H16ClN3S/c1-8-3-5-15-13-11(8)16-12(9(2)14)17(13)10-4-6-18-7-10/h3,5,9-10H,4,6-7H2,1-2H3. The minimum Gasteiger partial charge on any atom is -0.307 e. The summed E-state index contributed by atoms with van der Waals surface area (Å²) in [7, 11) is 0. The zero-order chi connectivity index (χ0) is 12.7. The van der Waals surface area contributed by atoms with Crippen LogP contribution in [0.3, 0.4) is 0 Å². The maximum atomic E-state index is 6.29. The lowest BCUT2D eigenvalue weighted by atomic mass is 10.2. The highest BCUT2D eigenvalue weighted by Crippen LogP contribution is 2.35. The third-order valence-electron chi connectivity index (χ3n) is 3.43. The lowest BCUT2D eigenvalue weighted by Gasteiger charge is -2.16. The fraction of sp³-hybridized carbons (Fsp3) is 0.538. The predicted octanol–water partition coefficient (Wildman–Crippen LogP) is 3.72. The maximum absolute atomic E-state index is 6.29. The van der Waals surface area contributed by atoms with E-state index in [4.69, 9.17) is 16.6 Å². The van der Waals surface area contributed by atoms with Crippen LogP contribution in [0.2, 0.25) is 0 Å². The van der Waals surface area contributed by atoms with Crippen LogP contribution in [0.5, 0.6) is 0 Å². The van der Waals surface area contributed by atoms with Crippen LogP contribution in [-0.2, 0) is 0 Å². The van der Waals surface area contributed by atoms with E-state index in [0.717, 1.165) is 22.7 Å². The van der Waals surface area contributed by atoms with Crippen LogP contribution >= 0.6 is 23.4 Å². The molecule has 3 heterocycles. The fourth-order valence-corrected chi connectivity index (χ4v) is 3.84. The van der Waals surface area contributed by atoms with E-state index in [0.29, 0.717) is 6.04 Å². The van der Waals surface area contributed by atoms with E-state index in [1.807, 2.05) is 30.9 Å². The molecule has 0 aliphatic carbocycles. The van der Waals surface area contributed by atoms with E-state index in [1.165, 1.54) is 17.7 Å². The zero-order valence-electron chi connectivity index (χ0n) is 10.6. The summed E-state index contributed by atoms with van der Waals surface area (Å²) >= 11 is 8.29. The van der Waals surface area contributed by atoms with E-state index >= 15 is 0 Å². The Morgan fingerprint density at radius 2 is 2.39 bits per heavy atom. The third kappa shape index (κ3) is 1.91. The van der Waals surface area contributed by atoms with Crippen molar-refractivity contribution in [2.75, 3.05) is 11.5 Å². The van der Waals surface area contributed by atoms with Gasteiger partial charge in [0.15, 0.2) is 5.65 Å². The quantitative estimate of drug-likeness (QED) is 0.786. The highest BCUT2D eigenvalue weighted by Gasteiger charge is 2.25. The van der Waals surface area contributed by atoms with E-state index < -0.39 is 0 Å². The molecule has 2 aromatic heterocycles. The Morgan fingerprint density at radius 1 is 1.56 bits per heavy atom. The SMILES string of the molecule is Cc1ccnc2c1nc(C(C)Cl)n2C1CCSC1. The van der Waals surface area contributed by atoms with Crippen molar-refractivity contribution < 1.29 is 0 Å². The van der Waals surface area contributed by atoms with Gasteiger partial charge < -0.3 is 4.57 Å². The number of fused-ring (bicyclic) bond motifs is 1. The Hall–Kier alpha value is -0.740. The summed E-state index contributed by atoms with van der Waals surface area (Å²) in [6, 6.07) is 2.50. The van der Waals surface area contributed by atoms with Crippen LogP contribution in [0, 0.1) is 6.92 Å². The van der Waals surface area contributed by atoms with Crippen LogP contribution in [0.4, 0.5) is 0 Å². The summed E-state index contributed by atoms with van der Waals surface area (Å²) in [4.78, 5) is 9.24. The molecule has 1 aliphatic heterocycles. The molecular formula is C13H16ClN3S. The predicted molar refractivity (Wildman–Crippen MR) is 77.5 cm³/mol.